The number of benzene rings is 2. The van der Waals surface area contributed by atoms with Crippen LogP contribution < -0.4 is 4.90 Å². The van der Waals surface area contributed by atoms with Crippen LogP contribution in [0.1, 0.15) is 24.0 Å². The minimum atomic E-state index is -4.35. The van der Waals surface area contributed by atoms with E-state index in [4.69, 9.17) is 0 Å². The van der Waals surface area contributed by atoms with Crippen LogP contribution in [0.25, 0.3) is 22.2 Å². The van der Waals surface area contributed by atoms with Crippen LogP contribution in [0, 0.1) is 0 Å². The second kappa shape index (κ2) is 9.30. The van der Waals surface area contributed by atoms with Crippen LogP contribution in [-0.4, -0.2) is 51.1 Å². The van der Waals surface area contributed by atoms with E-state index in [1.54, 1.807) is 23.0 Å². The lowest BCUT2D eigenvalue weighted by Crippen LogP contribution is -2.43. The highest BCUT2D eigenvalue weighted by Gasteiger charge is 2.34. The van der Waals surface area contributed by atoms with Crippen molar-refractivity contribution in [3.05, 3.63) is 71.9 Å². The van der Waals surface area contributed by atoms with Gasteiger partial charge in [-0.3, -0.25) is 9.58 Å². The van der Waals surface area contributed by atoms with Crippen molar-refractivity contribution in [3.63, 3.8) is 0 Å². The Morgan fingerprint density at radius 3 is 2.31 bits per heavy atom. The van der Waals surface area contributed by atoms with Gasteiger partial charge in [-0.05, 0) is 37.6 Å². The number of fused-ring (bicyclic) bond motifs is 1. The van der Waals surface area contributed by atoms with E-state index in [0.29, 0.717) is 5.56 Å². The van der Waals surface area contributed by atoms with Crippen LogP contribution >= 0.6 is 0 Å². The van der Waals surface area contributed by atoms with Crippen LogP contribution in [0.15, 0.2) is 60.8 Å². The number of hydrogen-bond acceptors (Lipinski definition) is 5. The number of piperidine rings is 1. The first kappa shape index (κ1) is 23.3. The summed E-state index contributed by atoms with van der Waals surface area (Å²) in [6.07, 6.45) is -0.926. The lowest BCUT2D eigenvalue weighted by molar-refractivity contribution is -0.138. The Morgan fingerprint density at radius 1 is 0.943 bits per heavy atom. The molecule has 2 aromatic heterocycles. The number of alkyl halides is 3. The van der Waals surface area contributed by atoms with Crippen molar-refractivity contribution in [1.82, 2.24) is 24.9 Å². The molecule has 0 N–H and O–H groups in total. The average Bonchev–Trinajstić information content (AvgIpc) is 3.28. The summed E-state index contributed by atoms with van der Waals surface area (Å²) in [6, 6.07) is 16.1. The second-order valence-electron chi connectivity index (χ2n) is 9.05. The van der Waals surface area contributed by atoms with Crippen LogP contribution in [-0.2, 0) is 19.8 Å². The summed E-state index contributed by atoms with van der Waals surface area (Å²) in [5, 5.41) is 15.5. The average molecular weight is 481 g/mol. The molecule has 1 aliphatic rings. The molecule has 4 aromatic rings. The van der Waals surface area contributed by atoms with Crippen LogP contribution in [0.5, 0.6) is 0 Å². The standard InChI is InChI=1S/C26H27F3N6/c1-33(17-18-7-3-6-10-22(18)26(27,28)29)19-12-15-35(16-13-19)25-21-9-5-4-8-20(21)24(31-32-25)23-11-14-30-34(23)2/h3-11,14,19H,12-13,15-17H2,1-2H3. The van der Waals surface area contributed by atoms with Gasteiger partial charge in [0.2, 0.25) is 0 Å². The van der Waals surface area contributed by atoms with Gasteiger partial charge in [0.05, 0.1) is 11.3 Å². The first-order valence-electron chi connectivity index (χ1n) is 11.7. The van der Waals surface area contributed by atoms with Gasteiger partial charge in [-0.1, -0.05) is 42.5 Å². The van der Waals surface area contributed by atoms with E-state index in [2.05, 4.69) is 32.3 Å². The van der Waals surface area contributed by atoms with Crippen LogP contribution in [0.3, 0.4) is 0 Å². The fourth-order valence-electron chi connectivity index (χ4n) is 4.97. The van der Waals surface area contributed by atoms with Gasteiger partial charge < -0.3 is 4.90 Å². The Morgan fingerprint density at radius 2 is 1.63 bits per heavy atom. The molecule has 3 heterocycles. The highest BCUT2D eigenvalue weighted by molar-refractivity contribution is 5.99. The van der Waals surface area contributed by atoms with E-state index in [1.165, 1.54) is 6.07 Å². The fourth-order valence-corrected chi connectivity index (χ4v) is 4.97. The molecule has 0 aliphatic carbocycles. The van der Waals surface area contributed by atoms with E-state index in [1.807, 2.05) is 37.2 Å². The molecule has 2 aromatic carbocycles. The van der Waals surface area contributed by atoms with Crippen molar-refractivity contribution in [3.8, 4) is 11.4 Å². The molecule has 0 unspecified atom stereocenters. The first-order valence-corrected chi connectivity index (χ1v) is 11.7. The maximum absolute atomic E-state index is 13.4. The van der Waals surface area contributed by atoms with Gasteiger partial charge in [-0.2, -0.15) is 18.3 Å². The topological polar surface area (TPSA) is 50.1 Å². The summed E-state index contributed by atoms with van der Waals surface area (Å²) < 4.78 is 42.0. The summed E-state index contributed by atoms with van der Waals surface area (Å²) in [7, 11) is 3.79. The number of rotatable bonds is 5. The van der Waals surface area contributed by atoms with Crippen LogP contribution in [0.4, 0.5) is 19.0 Å². The van der Waals surface area contributed by atoms with Crippen molar-refractivity contribution < 1.29 is 13.2 Å². The van der Waals surface area contributed by atoms with E-state index in [0.717, 1.165) is 60.0 Å². The molecule has 0 saturated carbocycles. The summed E-state index contributed by atoms with van der Waals surface area (Å²) in [6.45, 7) is 1.79. The van der Waals surface area contributed by atoms with E-state index in [-0.39, 0.29) is 12.6 Å². The van der Waals surface area contributed by atoms with Gasteiger partial charge >= 0.3 is 6.18 Å². The molecule has 1 fully saturated rings. The minimum Gasteiger partial charge on any atom is -0.354 e. The van der Waals surface area contributed by atoms with Gasteiger partial charge in [-0.15, -0.1) is 10.2 Å². The Kier molecular flexibility index (Phi) is 6.19. The predicted octanol–water partition coefficient (Wildman–Crippen LogP) is 5.15. The normalized spacial score (nSPS) is 15.3. The second-order valence-corrected chi connectivity index (χ2v) is 9.05. The third-order valence-corrected chi connectivity index (χ3v) is 6.86. The van der Waals surface area contributed by atoms with Crippen molar-refractivity contribution in [1.29, 1.82) is 0 Å². The minimum absolute atomic E-state index is 0.195. The largest absolute Gasteiger partial charge is 0.416 e. The number of aromatic nitrogens is 4. The first-order chi connectivity index (χ1) is 16.8. The SMILES string of the molecule is CN(Cc1ccccc1C(F)(F)F)C1CCN(c2nnc(-c3ccnn3C)c3ccccc23)CC1. The zero-order valence-corrected chi connectivity index (χ0v) is 19.7. The van der Waals surface area contributed by atoms with Crippen molar-refractivity contribution in [2.45, 2.75) is 31.6 Å². The van der Waals surface area contributed by atoms with Gasteiger partial charge in [0, 0.05) is 49.7 Å². The third-order valence-electron chi connectivity index (χ3n) is 6.86. The number of aryl methyl sites for hydroxylation is 1. The molecule has 1 saturated heterocycles. The smallest absolute Gasteiger partial charge is 0.354 e. The van der Waals surface area contributed by atoms with E-state index in [9.17, 15) is 13.2 Å². The number of nitrogens with zero attached hydrogens (tertiary/aromatic N) is 6. The lowest BCUT2D eigenvalue weighted by atomic mass is 10.0. The molecule has 5 rings (SSSR count). The highest BCUT2D eigenvalue weighted by atomic mass is 19.4. The van der Waals surface area contributed by atoms with Crippen molar-refractivity contribution in [2.24, 2.45) is 7.05 Å². The lowest BCUT2D eigenvalue weighted by Gasteiger charge is -2.37. The quantitative estimate of drug-likeness (QED) is 0.396. The molecule has 0 amide bonds. The molecule has 0 radical (unpaired) electrons. The Hall–Kier alpha value is -3.46. The van der Waals surface area contributed by atoms with Crippen molar-refractivity contribution >= 4 is 16.6 Å². The fraction of sp³-hybridized carbons (Fsp3) is 0.346. The molecule has 35 heavy (non-hydrogen) atoms. The zero-order chi connectivity index (χ0) is 24.6. The third kappa shape index (κ3) is 4.60. The summed E-state index contributed by atoms with van der Waals surface area (Å²) >= 11 is 0. The highest BCUT2D eigenvalue weighted by Crippen LogP contribution is 2.34. The van der Waals surface area contributed by atoms with E-state index < -0.39 is 11.7 Å². The zero-order valence-electron chi connectivity index (χ0n) is 19.7. The number of anilines is 1. The summed E-state index contributed by atoms with van der Waals surface area (Å²) in [5.41, 5.74) is 1.45. The van der Waals surface area contributed by atoms with Gasteiger partial charge in [-0.25, -0.2) is 0 Å². The molecule has 0 spiro atoms. The molecular formula is C26H27F3N6. The molecule has 0 bridgehead atoms. The Balaban J connectivity index is 1.33. The van der Waals surface area contributed by atoms with Gasteiger partial charge in [0.25, 0.3) is 0 Å². The molecule has 9 heteroatoms. The predicted molar refractivity (Wildman–Crippen MR) is 130 cm³/mol. The van der Waals surface area contributed by atoms with E-state index >= 15 is 0 Å². The maximum atomic E-state index is 13.4. The van der Waals surface area contributed by atoms with Gasteiger partial charge in [0.1, 0.15) is 5.69 Å². The summed E-state index contributed by atoms with van der Waals surface area (Å²) in [4.78, 5) is 4.27. The molecule has 0 atom stereocenters. The molecule has 1 aliphatic heterocycles. The molecule has 6 nitrogen and oxygen atoms in total. The summed E-state index contributed by atoms with van der Waals surface area (Å²) in [5.74, 6) is 0.843. The van der Waals surface area contributed by atoms with Crippen molar-refractivity contribution in [2.75, 3.05) is 25.0 Å². The number of hydrogen-bond donors (Lipinski definition) is 0. The Bertz CT molecular complexity index is 1320. The maximum Gasteiger partial charge on any atom is 0.416 e. The van der Waals surface area contributed by atoms with Crippen LogP contribution in [0.2, 0.25) is 0 Å². The van der Waals surface area contributed by atoms with Gasteiger partial charge in [0.15, 0.2) is 5.82 Å². The number of halogens is 3. The molecular weight excluding hydrogens is 453 g/mol. The molecule has 182 valence electrons. The Labute approximate surface area is 202 Å². The monoisotopic (exact) mass is 480 g/mol.